The SMILES string of the molecule is COc1ccc(-c2ncc(N3CC(F)(F)C(F)(F)C3)cn2)c(OC2CCC(C)(Oc3cc(C(CC(=O)O)C4CC4)ccn3)CC2)c1. The molecular weight excluding hydrogens is 608 g/mol. The van der Waals surface area contributed by atoms with Crippen LogP contribution in [0.2, 0.25) is 0 Å². The number of carboxylic acid groups (broad SMARTS) is 1. The van der Waals surface area contributed by atoms with Gasteiger partial charge in [-0.1, -0.05) is 0 Å². The van der Waals surface area contributed by atoms with Crippen LogP contribution in [0.3, 0.4) is 0 Å². The highest BCUT2D eigenvalue weighted by Crippen LogP contribution is 2.46. The Morgan fingerprint density at radius 1 is 1.00 bits per heavy atom. The predicted molar refractivity (Wildman–Crippen MR) is 160 cm³/mol. The zero-order valence-electron chi connectivity index (χ0n) is 25.6. The second-order valence-corrected chi connectivity index (χ2v) is 12.7. The van der Waals surface area contributed by atoms with Crippen LogP contribution >= 0.6 is 0 Å². The van der Waals surface area contributed by atoms with Gasteiger partial charge in [0.25, 0.3) is 0 Å². The lowest BCUT2D eigenvalue weighted by molar-refractivity contribution is -0.172. The molecule has 2 aromatic heterocycles. The Morgan fingerprint density at radius 2 is 1.67 bits per heavy atom. The van der Waals surface area contributed by atoms with E-state index in [1.165, 1.54) is 19.5 Å². The summed E-state index contributed by atoms with van der Waals surface area (Å²) in [5.41, 5.74) is 1.06. The smallest absolute Gasteiger partial charge is 0.329 e. The largest absolute Gasteiger partial charge is 0.497 e. The number of benzene rings is 1. The van der Waals surface area contributed by atoms with Gasteiger partial charge in [0.15, 0.2) is 5.82 Å². The van der Waals surface area contributed by atoms with Crippen molar-refractivity contribution in [1.82, 2.24) is 15.0 Å². The summed E-state index contributed by atoms with van der Waals surface area (Å²) < 4.78 is 73.1. The fourth-order valence-electron chi connectivity index (χ4n) is 6.29. The van der Waals surface area contributed by atoms with Gasteiger partial charge < -0.3 is 24.2 Å². The van der Waals surface area contributed by atoms with Crippen molar-refractivity contribution in [2.45, 2.75) is 81.3 Å². The summed E-state index contributed by atoms with van der Waals surface area (Å²) in [7, 11) is 1.53. The minimum Gasteiger partial charge on any atom is -0.497 e. The van der Waals surface area contributed by atoms with E-state index in [1.807, 2.05) is 19.1 Å². The molecule has 2 saturated carbocycles. The highest BCUT2D eigenvalue weighted by atomic mass is 19.3. The van der Waals surface area contributed by atoms with E-state index in [2.05, 4.69) is 15.0 Å². The number of methoxy groups -OCH3 is 1. The average molecular weight is 645 g/mol. The van der Waals surface area contributed by atoms with Crippen molar-refractivity contribution < 1.29 is 41.7 Å². The molecular formula is C33H36F4N4O5. The molecule has 1 saturated heterocycles. The van der Waals surface area contributed by atoms with E-state index in [4.69, 9.17) is 14.2 Å². The highest BCUT2D eigenvalue weighted by molar-refractivity contribution is 5.68. The van der Waals surface area contributed by atoms with Gasteiger partial charge in [-0.2, -0.15) is 17.6 Å². The summed E-state index contributed by atoms with van der Waals surface area (Å²) >= 11 is 0. The highest BCUT2D eigenvalue weighted by Gasteiger charge is 2.63. The van der Waals surface area contributed by atoms with Gasteiger partial charge in [-0.3, -0.25) is 4.79 Å². The molecule has 1 N–H and O–H groups in total. The normalized spacial score (nSPS) is 24.3. The number of hydrogen-bond donors (Lipinski definition) is 1. The van der Waals surface area contributed by atoms with Crippen LogP contribution in [0.15, 0.2) is 48.9 Å². The summed E-state index contributed by atoms with van der Waals surface area (Å²) in [4.78, 5) is 25.3. The van der Waals surface area contributed by atoms with Gasteiger partial charge in [0.05, 0.1) is 56.4 Å². The Labute approximate surface area is 263 Å². The Morgan fingerprint density at radius 3 is 2.28 bits per heavy atom. The van der Waals surface area contributed by atoms with Gasteiger partial charge in [0, 0.05) is 18.3 Å². The third-order valence-electron chi connectivity index (χ3n) is 9.15. The molecule has 1 aromatic carbocycles. The summed E-state index contributed by atoms with van der Waals surface area (Å²) in [6.45, 7) is -0.195. The number of rotatable bonds is 11. The number of pyridine rings is 1. The zero-order chi connectivity index (χ0) is 32.7. The van der Waals surface area contributed by atoms with E-state index in [0.29, 0.717) is 54.5 Å². The molecule has 6 rings (SSSR count). The first-order valence-electron chi connectivity index (χ1n) is 15.4. The second-order valence-electron chi connectivity index (χ2n) is 12.7. The third-order valence-corrected chi connectivity index (χ3v) is 9.15. The lowest BCUT2D eigenvalue weighted by Crippen LogP contribution is -2.40. The number of alkyl halides is 4. The number of nitrogens with zero attached hydrogens (tertiary/aromatic N) is 4. The molecule has 3 fully saturated rings. The van der Waals surface area contributed by atoms with Gasteiger partial charge in [0.2, 0.25) is 5.88 Å². The minimum atomic E-state index is -4.13. The number of anilines is 1. The number of hydrogen-bond acceptors (Lipinski definition) is 8. The number of carbonyl (C=O) groups is 1. The van der Waals surface area contributed by atoms with Crippen molar-refractivity contribution in [2.75, 3.05) is 25.1 Å². The maximum Gasteiger partial charge on any atom is 0.329 e. The number of carboxylic acids is 1. The van der Waals surface area contributed by atoms with E-state index in [-0.39, 0.29) is 30.0 Å². The maximum atomic E-state index is 13.7. The molecule has 0 radical (unpaired) electrons. The molecule has 46 heavy (non-hydrogen) atoms. The topological polar surface area (TPSA) is 107 Å². The summed E-state index contributed by atoms with van der Waals surface area (Å²) in [5.74, 6) is -6.99. The summed E-state index contributed by atoms with van der Waals surface area (Å²) in [5, 5.41) is 9.40. The van der Waals surface area contributed by atoms with Crippen LogP contribution in [0, 0.1) is 5.92 Å². The molecule has 3 heterocycles. The Balaban J connectivity index is 1.12. The van der Waals surface area contributed by atoms with Crippen molar-refractivity contribution in [3.63, 3.8) is 0 Å². The maximum absolute atomic E-state index is 13.7. The second kappa shape index (κ2) is 12.2. The molecule has 9 nitrogen and oxygen atoms in total. The van der Waals surface area contributed by atoms with E-state index in [1.54, 1.807) is 24.4 Å². The molecule has 13 heteroatoms. The van der Waals surface area contributed by atoms with Crippen molar-refractivity contribution in [3.05, 3.63) is 54.5 Å². The molecule has 1 aliphatic heterocycles. The van der Waals surface area contributed by atoms with Gasteiger partial charge >= 0.3 is 17.8 Å². The minimum absolute atomic E-state index is 0.0493. The average Bonchev–Trinajstić information content (AvgIpc) is 3.83. The number of ether oxygens (including phenoxy) is 3. The zero-order valence-corrected chi connectivity index (χ0v) is 25.6. The van der Waals surface area contributed by atoms with Gasteiger partial charge in [-0.25, -0.2) is 15.0 Å². The van der Waals surface area contributed by atoms with Crippen LogP contribution in [0.4, 0.5) is 23.2 Å². The predicted octanol–water partition coefficient (Wildman–Crippen LogP) is 6.77. The van der Waals surface area contributed by atoms with Crippen LogP contribution in [-0.2, 0) is 4.79 Å². The monoisotopic (exact) mass is 644 g/mol. The van der Waals surface area contributed by atoms with Gasteiger partial charge in [-0.05, 0) is 81.0 Å². The van der Waals surface area contributed by atoms with E-state index in [0.717, 1.165) is 23.3 Å². The van der Waals surface area contributed by atoms with Crippen LogP contribution in [0.1, 0.15) is 63.4 Å². The number of aliphatic carboxylic acids is 1. The molecule has 3 aliphatic rings. The Kier molecular flexibility index (Phi) is 8.45. The van der Waals surface area contributed by atoms with E-state index >= 15 is 0 Å². The molecule has 1 unspecified atom stereocenters. The van der Waals surface area contributed by atoms with Crippen molar-refractivity contribution in [1.29, 1.82) is 0 Å². The van der Waals surface area contributed by atoms with Crippen LogP contribution in [0.5, 0.6) is 17.4 Å². The van der Waals surface area contributed by atoms with Gasteiger partial charge in [0.1, 0.15) is 17.1 Å². The fourth-order valence-corrected chi connectivity index (χ4v) is 6.29. The van der Waals surface area contributed by atoms with Crippen molar-refractivity contribution >= 4 is 11.7 Å². The van der Waals surface area contributed by atoms with Crippen molar-refractivity contribution in [2.24, 2.45) is 5.92 Å². The van der Waals surface area contributed by atoms with E-state index in [9.17, 15) is 27.5 Å². The lowest BCUT2D eigenvalue weighted by Gasteiger charge is -2.37. The Hall–Kier alpha value is -4.16. The first kappa shape index (κ1) is 31.8. The molecule has 1 atom stereocenters. The van der Waals surface area contributed by atoms with Crippen LogP contribution < -0.4 is 19.1 Å². The van der Waals surface area contributed by atoms with E-state index < -0.39 is 36.5 Å². The first-order valence-corrected chi connectivity index (χ1v) is 15.4. The third kappa shape index (κ3) is 6.82. The molecule has 0 bridgehead atoms. The quantitative estimate of drug-likeness (QED) is 0.227. The standard InChI is InChI=1S/C33H36F4N4O5/c1-31(46-28-13-21(9-12-38-28)26(15-29(42)43)20-3-4-20)10-7-23(8-11-31)45-27-14-24(44-2)5-6-25(27)30-39-16-22(17-40-30)41-18-32(34,35)33(36,37)19-41/h5-6,9,12-14,16-17,20,23,26H,3-4,7-8,10-11,15,18-19H2,1-2H3,(H,42,43). The summed E-state index contributed by atoms with van der Waals surface area (Å²) in [6.07, 6.45) is 8.89. The molecule has 3 aromatic rings. The van der Waals surface area contributed by atoms with Crippen LogP contribution in [0.25, 0.3) is 11.4 Å². The lowest BCUT2D eigenvalue weighted by atomic mass is 9.84. The summed E-state index contributed by atoms with van der Waals surface area (Å²) in [6, 6.07) is 8.92. The van der Waals surface area contributed by atoms with Crippen LogP contribution in [-0.4, -0.2) is 69.8 Å². The van der Waals surface area contributed by atoms with Gasteiger partial charge in [-0.15, -0.1) is 0 Å². The van der Waals surface area contributed by atoms with Crippen molar-refractivity contribution in [3.8, 4) is 28.8 Å². The molecule has 246 valence electrons. The first-order chi connectivity index (χ1) is 21.8. The Bertz CT molecular complexity index is 1550. The fraction of sp³-hybridized carbons (Fsp3) is 0.515. The molecule has 0 spiro atoms. The molecule has 2 aliphatic carbocycles. The number of aromatic nitrogens is 3. The number of halogens is 4. The molecule has 0 amide bonds.